The molecule has 0 aromatic heterocycles. The van der Waals surface area contributed by atoms with Crippen LogP contribution in [0.2, 0.25) is 0 Å². The summed E-state index contributed by atoms with van der Waals surface area (Å²) in [6.07, 6.45) is 1.13. The van der Waals surface area contributed by atoms with Gasteiger partial charge < -0.3 is 14.2 Å². The van der Waals surface area contributed by atoms with Crippen molar-refractivity contribution in [2.24, 2.45) is 0 Å². The molecule has 3 heteroatoms. The van der Waals surface area contributed by atoms with Gasteiger partial charge in [0.1, 0.15) is 17.2 Å². The molecule has 0 unspecified atom stereocenters. The lowest BCUT2D eigenvalue weighted by Gasteiger charge is -2.15. The molecule has 3 nitrogen and oxygen atoms in total. The maximum atomic E-state index is 5.56. The Balaban J connectivity index is 1.96. The molecule has 0 heterocycles. The van der Waals surface area contributed by atoms with Crippen LogP contribution in [-0.2, 0) is 0 Å². The highest BCUT2D eigenvalue weighted by atomic mass is 16.5. The second-order valence-corrected chi connectivity index (χ2v) is 5.30. The molecule has 0 radical (unpaired) electrons. The molecule has 3 rings (SSSR count). The molecule has 2 atom stereocenters. The van der Waals surface area contributed by atoms with Crippen molar-refractivity contribution in [3.8, 4) is 17.2 Å². The molecular formula is C18H20O3. The van der Waals surface area contributed by atoms with Crippen molar-refractivity contribution in [1.29, 1.82) is 0 Å². The molecule has 1 aliphatic carbocycles. The average Bonchev–Trinajstić information content (AvgIpc) is 3.34. The van der Waals surface area contributed by atoms with Crippen LogP contribution in [0.3, 0.4) is 0 Å². The molecule has 1 aliphatic rings. The van der Waals surface area contributed by atoms with E-state index >= 15 is 0 Å². The zero-order chi connectivity index (χ0) is 14.8. The minimum atomic E-state index is 0.447. The van der Waals surface area contributed by atoms with Crippen molar-refractivity contribution >= 4 is 0 Å². The van der Waals surface area contributed by atoms with Crippen LogP contribution >= 0.6 is 0 Å². The lowest BCUT2D eigenvalue weighted by atomic mass is 10.0. The van der Waals surface area contributed by atoms with E-state index in [1.165, 1.54) is 5.56 Å². The van der Waals surface area contributed by atoms with Gasteiger partial charge >= 0.3 is 0 Å². The van der Waals surface area contributed by atoms with Gasteiger partial charge in [-0.05, 0) is 23.8 Å². The van der Waals surface area contributed by atoms with Gasteiger partial charge in [-0.3, -0.25) is 0 Å². The second kappa shape index (κ2) is 5.68. The van der Waals surface area contributed by atoms with Crippen molar-refractivity contribution in [1.82, 2.24) is 0 Å². The summed E-state index contributed by atoms with van der Waals surface area (Å²) in [6, 6.07) is 14.5. The number of rotatable bonds is 5. The summed E-state index contributed by atoms with van der Waals surface area (Å²) < 4.78 is 16.4. The van der Waals surface area contributed by atoms with E-state index < -0.39 is 0 Å². The van der Waals surface area contributed by atoms with E-state index in [0.717, 1.165) is 29.2 Å². The van der Waals surface area contributed by atoms with Crippen LogP contribution in [0.4, 0.5) is 0 Å². The molecule has 2 aromatic rings. The fraction of sp³-hybridized carbons (Fsp3) is 0.333. The Labute approximate surface area is 125 Å². The zero-order valence-electron chi connectivity index (χ0n) is 12.6. The van der Waals surface area contributed by atoms with Gasteiger partial charge in [0.2, 0.25) is 0 Å². The molecule has 0 saturated heterocycles. The Morgan fingerprint density at radius 2 is 1.43 bits per heavy atom. The van der Waals surface area contributed by atoms with E-state index in [0.29, 0.717) is 11.8 Å². The lowest BCUT2D eigenvalue weighted by Crippen LogP contribution is -1.98. The van der Waals surface area contributed by atoms with Gasteiger partial charge in [0, 0.05) is 17.7 Å². The third-order valence-electron chi connectivity index (χ3n) is 4.14. The van der Waals surface area contributed by atoms with Crippen LogP contribution in [0.25, 0.3) is 0 Å². The quantitative estimate of drug-likeness (QED) is 0.831. The monoisotopic (exact) mass is 284 g/mol. The predicted molar refractivity (Wildman–Crippen MR) is 82.6 cm³/mol. The van der Waals surface area contributed by atoms with Gasteiger partial charge in [0.15, 0.2) is 0 Å². The summed E-state index contributed by atoms with van der Waals surface area (Å²) in [5.41, 5.74) is 2.53. The molecule has 21 heavy (non-hydrogen) atoms. The number of benzene rings is 2. The maximum Gasteiger partial charge on any atom is 0.129 e. The fourth-order valence-corrected chi connectivity index (χ4v) is 2.98. The number of methoxy groups -OCH3 is 3. The Morgan fingerprint density at radius 3 is 1.95 bits per heavy atom. The summed E-state index contributed by atoms with van der Waals surface area (Å²) >= 11 is 0. The van der Waals surface area contributed by atoms with Crippen LogP contribution in [0.5, 0.6) is 17.2 Å². The Morgan fingerprint density at radius 1 is 0.810 bits per heavy atom. The molecule has 1 fully saturated rings. The minimum Gasteiger partial charge on any atom is -0.496 e. The standard InChI is InChI=1S/C18H20O3/c1-19-13-9-16(20-2)18(17(10-13)21-3)15-11-14(15)12-7-5-4-6-8-12/h4-10,14-15H,11H2,1-3H3/t14-,15+/m1/s1. The first-order valence-electron chi connectivity index (χ1n) is 7.13. The lowest BCUT2D eigenvalue weighted by molar-refractivity contribution is 0.368. The fourth-order valence-electron chi connectivity index (χ4n) is 2.98. The molecule has 0 N–H and O–H groups in total. The predicted octanol–water partition coefficient (Wildman–Crippen LogP) is 3.98. The number of ether oxygens (including phenoxy) is 3. The minimum absolute atomic E-state index is 0.447. The largest absolute Gasteiger partial charge is 0.496 e. The van der Waals surface area contributed by atoms with Crippen molar-refractivity contribution in [2.45, 2.75) is 18.3 Å². The molecule has 2 aromatic carbocycles. The molecule has 1 saturated carbocycles. The van der Waals surface area contributed by atoms with E-state index in [9.17, 15) is 0 Å². The molecule has 0 aliphatic heterocycles. The summed E-state index contributed by atoms with van der Waals surface area (Å²) in [6.45, 7) is 0. The highest BCUT2D eigenvalue weighted by Crippen LogP contribution is 2.59. The van der Waals surface area contributed by atoms with Crippen molar-refractivity contribution in [3.05, 3.63) is 53.6 Å². The average molecular weight is 284 g/mol. The maximum absolute atomic E-state index is 5.56. The SMILES string of the molecule is COc1cc(OC)c([C@H]2C[C@@H]2c2ccccc2)c(OC)c1. The highest BCUT2D eigenvalue weighted by Gasteiger charge is 2.43. The molecular weight excluding hydrogens is 264 g/mol. The van der Waals surface area contributed by atoms with E-state index in [1.54, 1.807) is 21.3 Å². The highest BCUT2D eigenvalue weighted by molar-refractivity contribution is 5.56. The van der Waals surface area contributed by atoms with E-state index in [-0.39, 0.29) is 0 Å². The first-order valence-corrected chi connectivity index (χ1v) is 7.13. The van der Waals surface area contributed by atoms with Crippen LogP contribution in [0.1, 0.15) is 29.4 Å². The van der Waals surface area contributed by atoms with Crippen LogP contribution in [-0.4, -0.2) is 21.3 Å². The molecule has 0 spiro atoms. The second-order valence-electron chi connectivity index (χ2n) is 5.30. The topological polar surface area (TPSA) is 27.7 Å². The van der Waals surface area contributed by atoms with Crippen molar-refractivity contribution < 1.29 is 14.2 Å². The number of hydrogen-bond acceptors (Lipinski definition) is 3. The molecule has 0 amide bonds. The van der Waals surface area contributed by atoms with Gasteiger partial charge in [-0.25, -0.2) is 0 Å². The summed E-state index contributed by atoms with van der Waals surface area (Å²) in [7, 11) is 5.03. The Bertz CT molecular complexity index is 597. The smallest absolute Gasteiger partial charge is 0.129 e. The first-order chi connectivity index (χ1) is 10.3. The van der Waals surface area contributed by atoms with E-state index in [1.807, 2.05) is 12.1 Å². The summed E-state index contributed by atoms with van der Waals surface area (Å²) in [5.74, 6) is 3.43. The summed E-state index contributed by atoms with van der Waals surface area (Å²) in [5, 5.41) is 0. The third-order valence-corrected chi connectivity index (χ3v) is 4.14. The van der Waals surface area contributed by atoms with E-state index in [4.69, 9.17) is 14.2 Å². The van der Waals surface area contributed by atoms with Gasteiger partial charge in [-0.2, -0.15) is 0 Å². The van der Waals surface area contributed by atoms with Gasteiger partial charge in [-0.15, -0.1) is 0 Å². The van der Waals surface area contributed by atoms with Crippen LogP contribution in [0, 0.1) is 0 Å². The van der Waals surface area contributed by atoms with Crippen molar-refractivity contribution in [3.63, 3.8) is 0 Å². The first kappa shape index (κ1) is 13.8. The van der Waals surface area contributed by atoms with Crippen LogP contribution in [0.15, 0.2) is 42.5 Å². The van der Waals surface area contributed by atoms with Crippen molar-refractivity contribution in [2.75, 3.05) is 21.3 Å². The number of hydrogen-bond donors (Lipinski definition) is 0. The molecule has 0 bridgehead atoms. The third kappa shape index (κ3) is 2.56. The molecule has 110 valence electrons. The zero-order valence-corrected chi connectivity index (χ0v) is 12.6. The Hall–Kier alpha value is -2.16. The van der Waals surface area contributed by atoms with Crippen LogP contribution < -0.4 is 14.2 Å². The van der Waals surface area contributed by atoms with Gasteiger partial charge in [-0.1, -0.05) is 30.3 Å². The Kier molecular flexibility index (Phi) is 3.74. The van der Waals surface area contributed by atoms with E-state index in [2.05, 4.69) is 30.3 Å². The summed E-state index contributed by atoms with van der Waals surface area (Å²) in [4.78, 5) is 0. The van der Waals surface area contributed by atoms with Gasteiger partial charge in [0.05, 0.1) is 21.3 Å². The van der Waals surface area contributed by atoms with Gasteiger partial charge in [0.25, 0.3) is 0 Å². The normalized spacial score (nSPS) is 20.0.